The molecule has 2 aliphatic rings. The summed E-state index contributed by atoms with van der Waals surface area (Å²) in [5.74, 6) is 1.56. The molecule has 2 heterocycles. The standard InChI is InChI=1S/C25H31N3O4/c1-31-20-9-8-19(21(14-20)32-2)16-28-13-11-22-25(17-28,12-10-23(29)27-22)24(30)26-15-18-6-4-3-5-7-18/h3-9,14,22H,10-13,15-17H2,1-2H3,(H,26,30)(H,27,29)/t22-,25+/m1/s1. The highest BCUT2D eigenvalue weighted by Gasteiger charge is 2.51. The van der Waals surface area contributed by atoms with E-state index in [1.807, 2.05) is 48.5 Å². The minimum atomic E-state index is -0.638. The van der Waals surface area contributed by atoms with Crippen LogP contribution in [0.3, 0.4) is 0 Å². The number of fused-ring (bicyclic) bond motifs is 1. The van der Waals surface area contributed by atoms with Gasteiger partial charge in [0.15, 0.2) is 0 Å². The number of carbonyl (C=O) groups excluding carboxylic acids is 2. The smallest absolute Gasteiger partial charge is 0.229 e. The Morgan fingerprint density at radius 1 is 1.19 bits per heavy atom. The third kappa shape index (κ3) is 4.58. The topological polar surface area (TPSA) is 79.9 Å². The van der Waals surface area contributed by atoms with E-state index in [0.29, 0.717) is 32.5 Å². The summed E-state index contributed by atoms with van der Waals surface area (Å²) < 4.78 is 10.9. The van der Waals surface area contributed by atoms with Gasteiger partial charge >= 0.3 is 0 Å². The number of hydrogen-bond acceptors (Lipinski definition) is 5. The minimum absolute atomic E-state index is 0.0118. The molecule has 4 rings (SSSR count). The Hall–Kier alpha value is -3.06. The first-order valence-electron chi connectivity index (χ1n) is 11.1. The van der Waals surface area contributed by atoms with Crippen molar-refractivity contribution in [1.82, 2.24) is 15.5 Å². The zero-order valence-corrected chi connectivity index (χ0v) is 18.7. The van der Waals surface area contributed by atoms with Gasteiger partial charge in [-0.3, -0.25) is 14.5 Å². The second-order valence-corrected chi connectivity index (χ2v) is 8.62. The molecule has 0 saturated carbocycles. The maximum Gasteiger partial charge on any atom is 0.229 e. The fraction of sp³-hybridized carbons (Fsp3) is 0.440. The summed E-state index contributed by atoms with van der Waals surface area (Å²) >= 11 is 0. The molecule has 0 bridgehead atoms. The van der Waals surface area contributed by atoms with Gasteiger partial charge in [0.1, 0.15) is 11.5 Å². The van der Waals surface area contributed by atoms with E-state index in [1.165, 1.54) is 0 Å². The van der Waals surface area contributed by atoms with Crippen LogP contribution in [0.25, 0.3) is 0 Å². The third-order valence-corrected chi connectivity index (χ3v) is 6.68. The van der Waals surface area contributed by atoms with Gasteiger partial charge in [-0.25, -0.2) is 0 Å². The molecule has 2 aromatic carbocycles. The van der Waals surface area contributed by atoms with Gasteiger partial charge in [0.25, 0.3) is 0 Å². The molecule has 2 amide bonds. The summed E-state index contributed by atoms with van der Waals surface area (Å²) in [5, 5.41) is 6.23. The Kier molecular flexibility index (Phi) is 6.65. The molecule has 2 aromatic rings. The molecule has 0 aliphatic carbocycles. The predicted molar refractivity (Wildman–Crippen MR) is 121 cm³/mol. The van der Waals surface area contributed by atoms with Crippen molar-refractivity contribution >= 4 is 11.8 Å². The largest absolute Gasteiger partial charge is 0.497 e. The number of nitrogens with zero attached hydrogens (tertiary/aromatic N) is 1. The van der Waals surface area contributed by atoms with Crippen LogP contribution in [0.4, 0.5) is 0 Å². The minimum Gasteiger partial charge on any atom is -0.497 e. The van der Waals surface area contributed by atoms with Gasteiger partial charge < -0.3 is 20.1 Å². The van der Waals surface area contributed by atoms with Crippen molar-refractivity contribution in [3.8, 4) is 11.5 Å². The number of nitrogens with one attached hydrogen (secondary N) is 2. The Morgan fingerprint density at radius 3 is 2.75 bits per heavy atom. The fourth-order valence-electron chi connectivity index (χ4n) is 4.90. The Bertz CT molecular complexity index is 965. The van der Waals surface area contributed by atoms with Crippen LogP contribution < -0.4 is 20.1 Å². The Morgan fingerprint density at radius 2 is 2.00 bits per heavy atom. The fourth-order valence-corrected chi connectivity index (χ4v) is 4.90. The number of methoxy groups -OCH3 is 2. The van der Waals surface area contributed by atoms with E-state index in [-0.39, 0.29) is 17.9 Å². The number of ether oxygens (including phenoxy) is 2. The molecule has 170 valence electrons. The first-order chi connectivity index (χ1) is 15.5. The maximum atomic E-state index is 13.5. The van der Waals surface area contributed by atoms with Crippen LogP contribution in [0.1, 0.15) is 30.4 Å². The second kappa shape index (κ2) is 9.61. The Balaban J connectivity index is 1.52. The average Bonchev–Trinajstić information content (AvgIpc) is 2.83. The zero-order chi connectivity index (χ0) is 22.6. The number of amides is 2. The molecule has 7 heteroatoms. The second-order valence-electron chi connectivity index (χ2n) is 8.62. The van der Waals surface area contributed by atoms with Crippen molar-refractivity contribution in [3.63, 3.8) is 0 Å². The van der Waals surface area contributed by atoms with E-state index in [1.54, 1.807) is 14.2 Å². The van der Waals surface area contributed by atoms with E-state index < -0.39 is 5.41 Å². The first-order valence-corrected chi connectivity index (χ1v) is 11.1. The monoisotopic (exact) mass is 437 g/mol. The van der Waals surface area contributed by atoms with Gasteiger partial charge in [-0.05, 0) is 24.5 Å². The molecule has 2 fully saturated rings. The van der Waals surface area contributed by atoms with E-state index in [2.05, 4.69) is 15.5 Å². The van der Waals surface area contributed by atoms with Gasteiger partial charge in [-0.1, -0.05) is 36.4 Å². The van der Waals surface area contributed by atoms with E-state index >= 15 is 0 Å². The van der Waals surface area contributed by atoms with Crippen LogP contribution in [-0.2, 0) is 22.7 Å². The number of hydrogen-bond donors (Lipinski definition) is 2. The van der Waals surface area contributed by atoms with E-state index in [0.717, 1.165) is 35.6 Å². The first kappa shape index (κ1) is 22.1. The molecule has 0 aromatic heterocycles. The molecule has 0 spiro atoms. The summed E-state index contributed by atoms with van der Waals surface area (Å²) in [5.41, 5.74) is 1.47. The summed E-state index contributed by atoms with van der Waals surface area (Å²) in [7, 11) is 3.29. The maximum absolute atomic E-state index is 13.5. The van der Waals surface area contributed by atoms with Crippen LogP contribution >= 0.6 is 0 Å². The van der Waals surface area contributed by atoms with Crippen molar-refractivity contribution in [3.05, 3.63) is 59.7 Å². The lowest BCUT2D eigenvalue weighted by Gasteiger charge is -2.49. The van der Waals surface area contributed by atoms with Crippen molar-refractivity contribution in [2.24, 2.45) is 5.41 Å². The van der Waals surface area contributed by atoms with E-state index in [9.17, 15) is 9.59 Å². The number of benzene rings is 2. The van der Waals surface area contributed by atoms with Gasteiger partial charge in [0.2, 0.25) is 11.8 Å². The van der Waals surface area contributed by atoms with Crippen LogP contribution in [-0.4, -0.2) is 50.1 Å². The van der Waals surface area contributed by atoms with Gasteiger partial charge in [0.05, 0.1) is 19.6 Å². The van der Waals surface area contributed by atoms with E-state index in [4.69, 9.17) is 9.47 Å². The lowest BCUT2D eigenvalue weighted by molar-refractivity contribution is -0.144. The highest BCUT2D eigenvalue weighted by atomic mass is 16.5. The normalized spacial score (nSPS) is 23.1. The van der Waals surface area contributed by atoms with Crippen molar-refractivity contribution < 1.29 is 19.1 Å². The van der Waals surface area contributed by atoms with Gasteiger partial charge in [0, 0.05) is 50.3 Å². The quantitative estimate of drug-likeness (QED) is 0.696. The number of likely N-dealkylation sites (tertiary alicyclic amines) is 1. The summed E-state index contributed by atoms with van der Waals surface area (Å²) in [6.07, 6.45) is 1.66. The SMILES string of the molecule is COc1ccc(CN2CC[C@H]3NC(=O)CC[C@]3(C(=O)NCc3ccccc3)C2)c(OC)c1. The van der Waals surface area contributed by atoms with Crippen LogP contribution in [0, 0.1) is 5.41 Å². The predicted octanol–water partition coefficient (Wildman–Crippen LogP) is 2.49. The third-order valence-electron chi connectivity index (χ3n) is 6.68. The molecular weight excluding hydrogens is 406 g/mol. The summed E-state index contributed by atoms with van der Waals surface area (Å²) in [6, 6.07) is 15.6. The molecule has 2 aliphatic heterocycles. The molecule has 7 nitrogen and oxygen atoms in total. The molecule has 0 unspecified atom stereocenters. The molecular formula is C25H31N3O4. The van der Waals surface area contributed by atoms with Crippen molar-refractivity contribution in [2.75, 3.05) is 27.3 Å². The van der Waals surface area contributed by atoms with Gasteiger partial charge in [-0.15, -0.1) is 0 Å². The van der Waals surface area contributed by atoms with Crippen molar-refractivity contribution in [1.29, 1.82) is 0 Å². The highest BCUT2D eigenvalue weighted by Crippen LogP contribution is 2.39. The number of rotatable bonds is 7. The Labute approximate surface area is 189 Å². The van der Waals surface area contributed by atoms with Crippen LogP contribution in [0.15, 0.2) is 48.5 Å². The molecule has 2 atom stereocenters. The summed E-state index contributed by atoms with van der Waals surface area (Å²) in [4.78, 5) is 27.9. The lowest BCUT2D eigenvalue weighted by Crippen LogP contribution is -2.66. The lowest BCUT2D eigenvalue weighted by atomic mass is 9.69. The molecule has 2 saturated heterocycles. The number of piperidine rings is 2. The average molecular weight is 438 g/mol. The van der Waals surface area contributed by atoms with Gasteiger partial charge in [-0.2, -0.15) is 0 Å². The summed E-state index contributed by atoms with van der Waals surface area (Å²) in [6.45, 7) is 2.54. The highest BCUT2D eigenvalue weighted by molar-refractivity contribution is 5.88. The van der Waals surface area contributed by atoms with Crippen LogP contribution in [0.2, 0.25) is 0 Å². The molecule has 2 N–H and O–H groups in total. The van der Waals surface area contributed by atoms with Crippen molar-refractivity contribution in [2.45, 2.75) is 38.4 Å². The zero-order valence-electron chi connectivity index (χ0n) is 18.7. The van der Waals surface area contributed by atoms with Crippen LogP contribution in [0.5, 0.6) is 11.5 Å². The molecule has 32 heavy (non-hydrogen) atoms. The molecule has 0 radical (unpaired) electrons. The number of carbonyl (C=O) groups is 2.